The third-order valence-electron chi connectivity index (χ3n) is 4.59. The number of benzene rings is 2. The van der Waals surface area contributed by atoms with Gasteiger partial charge < -0.3 is 21.5 Å². The number of nitrogens with two attached hydrogens (primary N) is 1. The van der Waals surface area contributed by atoms with Gasteiger partial charge in [0, 0.05) is 17.1 Å². The summed E-state index contributed by atoms with van der Waals surface area (Å²) in [6.07, 6.45) is 0.549. The maximum Gasteiger partial charge on any atom is 0.230 e. The number of anilines is 2. The molecule has 0 aliphatic rings. The average molecular weight is 411 g/mol. The van der Waals surface area contributed by atoms with Gasteiger partial charge in [-0.05, 0) is 43.1 Å². The van der Waals surface area contributed by atoms with Crippen LogP contribution in [0.25, 0.3) is 0 Å². The summed E-state index contributed by atoms with van der Waals surface area (Å²) in [5.74, 6) is -0.109. The van der Waals surface area contributed by atoms with Crippen LogP contribution in [0.2, 0.25) is 0 Å². The molecule has 0 fully saturated rings. The van der Waals surface area contributed by atoms with Crippen molar-refractivity contribution in [2.45, 2.75) is 25.9 Å². The van der Waals surface area contributed by atoms with Crippen LogP contribution >= 0.6 is 11.3 Å². The molecule has 1 atom stereocenters. The van der Waals surface area contributed by atoms with Crippen molar-refractivity contribution in [1.29, 1.82) is 0 Å². The molecule has 0 radical (unpaired) electrons. The molecular formula is C22H26N4O2S. The van der Waals surface area contributed by atoms with Crippen LogP contribution < -0.4 is 16.4 Å². The summed E-state index contributed by atoms with van der Waals surface area (Å²) in [5, 5.41) is 16.8. The average Bonchev–Trinajstić information content (AvgIpc) is 3.03. The van der Waals surface area contributed by atoms with E-state index in [1.165, 1.54) is 11.3 Å². The first kappa shape index (κ1) is 21.0. The Balaban J connectivity index is 1.40. The van der Waals surface area contributed by atoms with Gasteiger partial charge in [-0.2, -0.15) is 0 Å². The number of amides is 1. The van der Waals surface area contributed by atoms with E-state index in [9.17, 15) is 9.90 Å². The molecule has 0 bridgehead atoms. The SMILES string of the molecule is Cc1sc(N)nc1CC(=O)Nc1ccc(CCNCC(O)c2ccccc2)cc1. The van der Waals surface area contributed by atoms with Gasteiger partial charge in [0.1, 0.15) is 0 Å². The minimum atomic E-state index is -0.509. The number of aryl methyl sites for hydroxylation is 1. The molecule has 1 aromatic heterocycles. The molecule has 7 heteroatoms. The summed E-state index contributed by atoms with van der Waals surface area (Å²) in [5.41, 5.74) is 9.23. The van der Waals surface area contributed by atoms with Crippen LogP contribution in [0.3, 0.4) is 0 Å². The normalized spacial score (nSPS) is 11.9. The molecule has 5 N–H and O–H groups in total. The molecule has 6 nitrogen and oxygen atoms in total. The maximum atomic E-state index is 12.2. The molecule has 29 heavy (non-hydrogen) atoms. The number of carbonyl (C=O) groups excluding carboxylic acids is 1. The maximum absolute atomic E-state index is 12.2. The second-order valence-electron chi connectivity index (χ2n) is 6.86. The Hall–Kier alpha value is -2.74. The van der Waals surface area contributed by atoms with Crippen molar-refractivity contribution in [3.63, 3.8) is 0 Å². The fourth-order valence-electron chi connectivity index (χ4n) is 2.99. The van der Waals surface area contributed by atoms with E-state index in [4.69, 9.17) is 5.73 Å². The minimum absolute atomic E-state index is 0.109. The molecule has 0 saturated heterocycles. The highest BCUT2D eigenvalue weighted by atomic mass is 32.1. The summed E-state index contributed by atoms with van der Waals surface area (Å²) in [6.45, 7) is 3.19. The fourth-order valence-corrected chi connectivity index (χ4v) is 3.70. The quantitative estimate of drug-likeness (QED) is 0.406. The van der Waals surface area contributed by atoms with E-state index in [0.29, 0.717) is 11.7 Å². The third kappa shape index (κ3) is 6.39. The number of rotatable bonds is 9. The number of nitrogens with one attached hydrogen (secondary N) is 2. The van der Waals surface area contributed by atoms with E-state index in [2.05, 4.69) is 15.6 Å². The van der Waals surface area contributed by atoms with Crippen LogP contribution in [-0.4, -0.2) is 29.1 Å². The van der Waals surface area contributed by atoms with E-state index >= 15 is 0 Å². The topological polar surface area (TPSA) is 100 Å². The van der Waals surface area contributed by atoms with Gasteiger partial charge in [0.05, 0.1) is 18.2 Å². The Bertz CT molecular complexity index is 926. The van der Waals surface area contributed by atoms with E-state index in [1.807, 2.05) is 61.5 Å². The van der Waals surface area contributed by atoms with E-state index in [0.717, 1.165) is 40.4 Å². The molecule has 0 aliphatic carbocycles. The second kappa shape index (κ2) is 10.2. The monoisotopic (exact) mass is 410 g/mol. The number of hydrogen-bond donors (Lipinski definition) is 4. The standard InChI is InChI=1S/C22H26N4O2S/c1-15-19(26-22(23)29-15)13-21(28)25-18-9-7-16(8-10-18)11-12-24-14-20(27)17-5-3-2-4-6-17/h2-10,20,24,27H,11-14H2,1H3,(H2,23,26)(H,25,28). The highest BCUT2D eigenvalue weighted by molar-refractivity contribution is 7.15. The Kier molecular flexibility index (Phi) is 7.35. The second-order valence-corrected chi connectivity index (χ2v) is 8.09. The Morgan fingerprint density at radius 3 is 2.55 bits per heavy atom. The van der Waals surface area contributed by atoms with Crippen LogP contribution in [0, 0.1) is 6.92 Å². The van der Waals surface area contributed by atoms with Gasteiger partial charge in [-0.1, -0.05) is 42.5 Å². The zero-order valence-electron chi connectivity index (χ0n) is 16.4. The molecular weight excluding hydrogens is 384 g/mol. The summed E-state index contributed by atoms with van der Waals surface area (Å²) in [6, 6.07) is 17.4. The van der Waals surface area contributed by atoms with E-state index in [-0.39, 0.29) is 12.3 Å². The van der Waals surface area contributed by atoms with Crippen LogP contribution in [0.1, 0.15) is 27.8 Å². The van der Waals surface area contributed by atoms with Crippen molar-refractivity contribution >= 4 is 28.1 Å². The van der Waals surface area contributed by atoms with Gasteiger partial charge >= 0.3 is 0 Å². The summed E-state index contributed by atoms with van der Waals surface area (Å²) in [4.78, 5) is 17.4. The molecule has 2 aromatic carbocycles. The lowest BCUT2D eigenvalue weighted by molar-refractivity contribution is -0.115. The Morgan fingerprint density at radius 1 is 1.17 bits per heavy atom. The van der Waals surface area contributed by atoms with Crippen molar-refractivity contribution in [2.75, 3.05) is 24.1 Å². The predicted molar refractivity (Wildman–Crippen MR) is 118 cm³/mol. The van der Waals surface area contributed by atoms with Gasteiger partial charge in [0.15, 0.2) is 5.13 Å². The third-order valence-corrected chi connectivity index (χ3v) is 5.43. The lowest BCUT2D eigenvalue weighted by Gasteiger charge is -2.12. The largest absolute Gasteiger partial charge is 0.387 e. The number of hydrogen-bond acceptors (Lipinski definition) is 6. The minimum Gasteiger partial charge on any atom is -0.387 e. The lowest BCUT2D eigenvalue weighted by Crippen LogP contribution is -2.23. The molecule has 1 unspecified atom stereocenters. The van der Waals surface area contributed by atoms with Crippen LogP contribution in [-0.2, 0) is 17.6 Å². The van der Waals surface area contributed by atoms with Crippen molar-refractivity contribution in [2.24, 2.45) is 0 Å². The van der Waals surface area contributed by atoms with Crippen molar-refractivity contribution in [3.05, 3.63) is 76.3 Å². The number of nitrogen functional groups attached to an aromatic ring is 1. The summed E-state index contributed by atoms with van der Waals surface area (Å²) in [7, 11) is 0. The highest BCUT2D eigenvalue weighted by Gasteiger charge is 2.11. The van der Waals surface area contributed by atoms with Gasteiger partial charge in [0.2, 0.25) is 5.91 Å². The lowest BCUT2D eigenvalue weighted by atomic mass is 10.1. The van der Waals surface area contributed by atoms with E-state index < -0.39 is 6.10 Å². The number of thiazole rings is 1. The highest BCUT2D eigenvalue weighted by Crippen LogP contribution is 2.20. The molecule has 1 heterocycles. The van der Waals surface area contributed by atoms with Crippen LogP contribution in [0.5, 0.6) is 0 Å². The first-order chi connectivity index (χ1) is 14.0. The smallest absolute Gasteiger partial charge is 0.230 e. The zero-order valence-corrected chi connectivity index (χ0v) is 17.2. The predicted octanol–water partition coefficient (Wildman–Crippen LogP) is 3.08. The first-order valence-electron chi connectivity index (χ1n) is 9.55. The van der Waals surface area contributed by atoms with Crippen LogP contribution in [0.4, 0.5) is 10.8 Å². The first-order valence-corrected chi connectivity index (χ1v) is 10.4. The van der Waals surface area contributed by atoms with Crippen molar-refractivity contribution in [1.82, 2.24) is 10.3 Å². The Labute approximate surface area is 174 Å². The number of aliphatic hydroxyl groups excluding tert-OH is 1. The molecule has 3 rings (SSSR count). The van der Waals surface area contributed by atoms with Gasteiger partial charge in [0.25, 0.3) is 0 Å². The van der Waals surface area contributed by atoms with Crippen molar-refractivity contribution in [3.8, 4) is 0 Å². The fraction of sp³-hybridized carbons (Fsp3) is 0.273. The Morgan fingerprint density at radius 2 is 1.90 bits per heavy atom. The van der Waals surface area contributed by atoms with Crippen molar-refractivity contribution < 1.29 is 9.90 Å². The van der Waals surface area contributed by atoms with Gasteiger partial charge in [-0.3, -0.25) is 4.79 Å². The molecule has 152 valence electrons. The molecule has 0 aliphatic heterocycles. The van der Waals surface area contributed by atoms with Gasteiger partial charge in [-0.15, -0.1) is 11.3 Å². The summed E-state index contributed by atoms with van der Waals surface area (Å²) >= 11 is 1.39. The summed E-state index contributed by atoms with van der Waals surface area (Å²) < 4.78 is 0. The van der Waals surface area contributed by atoms with Crippen LogP contribution in [0.15, 0.2) is 54.6 Å². The van der Waals surface area contributed by atoms with E-state index in [1.54, 1.807) is 0 Å². The number of carbonyl (C=O) groups is 1. The number of nitrogens with zero attached hydrogens (tertiary/aromatic N) is 1. The molecule has 1 amide bonds. The zero-order chi connectivity index (χ0) is 20.6. The number of aliphatic hydroxyl groups is 1. The molecule has 0 saturated carbocycles. The molecule has 3 aromatic rings. The van der Waals surface area contributed by atoms with Gasteiger partial charge in [-0.25, -0.2) is 4.98 Å². The number of aromatic nitrogens is 1. The molecule has 0 spiro atoms.